The van der Waals surface area contributed by atoms with E-state index in [4.69, 9.17) is 35.1 Å². The summed E-state index contributed by atoms with van der Waals surface area (Å²) in [6, 6.07) is 7.04. The van der Waals surface area contributed by atoms with E-state index in [9.17, 15) is 20.4 Å². The molecule has 0 saturated carbocycles. The first-order valence-corrected chi connectivity index (χ1v) is 8.09. The largest absolute Gasteiger partial charge is 1.00 e. The van der Waals surface area contributed by atoms with Gasteiger partial charge < -0.3 is 60.4 Å². The fraction of sp³-hybridized carbons (Fsp3) is 0.533. The van der Waals surface area contributed by atoms with Crippen molar-refractivity contribution in [3.8, 4) is 0 Å². The first-order valence-electron chi connectivity index (χ1n) is 7.27. The van der Waals surface area contributed by atoms with E-state index in [0.717, 1.165) is 11.1 Å². The van der Waals surface area contributed by atoms with Gasteiger partial charge in [0.15, 0.2) is 0 Å². The van der Waals surface area contributed by atoms with Crippen LogP contribution in [0.3, 0.4) is 0 Å². The number of benzene rings is 1. The number of aliphatic hydroxyl groups excluding tert-OH is 6. The van der Waals surface area contributed by atoms with E-state index < -0.39 is 31.0 Å². The number of rotatable bonds is 9. The van der Waals surface area contributed by atoms with E-state index in [1.54, 1.807) is 24.3 Å². The molecule has 0 saturated heterocycles. The average Bonchev–Trinajstić information content (AvgIpc) is 2.59. The Labute approximate surface area is 179 Å². The van der Waals surface area contributed by atoms with Crippen LogP contribution >= 0.6 is 12.2 Å². The Morgan fingerprint density at radius 2 is 1.44 bits per heavy atom. The molecule has 1 aromatic rings. The molecular weight excluding hydrogens is 377 g/mol. The first-order chi connectivity index (χ1) is 11.3. The number of hydrogen-bond donors (Lipinski definition) is 6. The van der Waals surface area contributed by atoms with Crippen molar-refractivity contribution < 1.29 is 60.2 Å². The molecule has 0 heterocycles. The summed E-state index contributed by atoms with van der Waals surface area (Å²) >= 11 is 9.93. The van der Waals surface area contributed by atoms with Crippen LogP contribution in [0.4, 0.5) is 0 Å². The van der Waals surface area contributed by atoms with Gasteiger partial charge in [-0.3, -0.25) is 0 Å². The molecule has 0 aliphatic heterocycles. The molecule has 10 heteroatoms. The smallest absolute Gasteiger partial charge is 0.411 e. The summed E-state index contributed by atoms with van der Waals surface area (Å²) in [5, 5.41) is 56.6. The summed E-state index contributed by atoms with van der Waals surface area (Å²) in [5.41, 5.74) is 1.58. The quantitative estimate of drug-likeness (QED) is 0.138. The third kappa shape index (κ3) is 8.10. The second-order valence-corrected chi connectivity index (χ2v) is 6.45. The van der Waals surface area contributed by atoms with Gasteiger partial charge in [0.2, 0.25) is 0 Å². The summed E-state index contributed by atoms with van der Waals surface area (Å²) in [6.45, 7) is -0.693. The Kier molecular flexibility index (Phi) is 12.5. The number of aliphatic hydroxyl groups is 6. The molecule has 0 bridgehead atoms. The van der Waals surface area contributed by atoms with Gasteiger partial charge in [-0.05, 0) is 11.1 Å². The summed E-state index contributed by atoms with van der Waals surface area (Å²) in [6.07, 6.45) is -6.37. The molecular formula is C15H22NNaO6S2. The molecule has 6 N–H and O–H groups in total. The average molecular weight is 399 g/mol. The standard InChI is InChI=1S/C15H23NO6S2.Na/c17-7-10-3-1-9(2-4-10)5-16(15(23)24)6-11(19)13(21)14(22)12(20)8-18;/h1-4,11-14,17-22H,5-8H2,(H,23,24);/q;+1/p-1/t11-,12+,13+,14+;/m0./s1. The van der Waals surface area contributed by atoms with E-state index in [-0.39, 0.29) is 53.6 Å². The maximum absolute atomic E-state index is 10.0. The minimum Gasteiger partial charge on any atom is -0.411 e. The predicted molar refractivity (Wildman–Crippen MR) is 93.9 cm³/mol. The number of nitrogens with zero attached hydrogens (tertiary/aromatic N) is 1. The third-order valence-corrected chi connectivity index (χ3v) is 4.09. The van der Waals surface area contributed by atoms with Gasteiger partial charge in [-0.25, -0.2) is 0 Å². The van der Waals surface area contributed by atoms with E-state index in [1.807, 2.05) is 0 Å². The zero-order chi connectivity index (χ0) is 18.3. The summed E-state index contributed by atoms with van der Waals surface area (Å²) < 4.78 is 0.0738. The molecule has 136 valence electrons. The normalized spacial score (nSPS) is 15.6. The Morgan fingerprint density at radius 1 is 0.960 bits per heavy atom. The van der Waals surface area contributed by atoms with Gasteiger partial charge in [-0.15, -0.1) is 0 Å². The van der Waals surface area contributed by atoms with Crippen molar-refractivity contribution in [2.75, 3.05) is 13.2 Å². The second-order valence-electron chi connectivity index (χ2n) is 5.42. The summed E-state index contributed by atoms with van der Waals surface area (Å²) in [5.74, 6) is 0. The van der Waals surface area contributed by atoms with Crippen molar-refractivity contribution in [2.45, 2.75) is 37.6 Å². The van der Waals surface area contributed by atoms with Crippen LogP contribution in [-0.4, -0.2) is 77.4 Å². The van der Waals surface area contributed by atoms with Crippen LogP contribution < -0.4 is 29.6 Å². The fourth-order valence-electron chi connectivity index (χ4n) is 2.07. The maximum atomic E-state index is 10.0. The van der Waals surface area contributed by atoms with Gasteiger partial charge in [0.25, 0.3) is 0 Å². The first kappa shape index (κ1) is 25.1. The minimum absolute atomic E-state index is 0. The third-order valence-electron chi connectivity index (χ3n) is 3.57. The van der Waals surface area contributed by atoms with Gasteiger partial charge in [0.1, 0.15) is 18.3 Å². The van der Waals surface area contributed by atoms with Gasteiger partial charge in [0, 0.05) is 13.1 Å². The van der Waals surface area contributed by atoms with Crippen LogP contribution in [0.5, 0.6) is 0 Å². The molecule has 0 aliphatic carbocycles. The Morgan fingerprint density at radius 3 is 1.88 bits per heavy atom. The molecule has 25 heavy (non-hydrogen) atoms. The summed E-state index contributed by atoms with van der Waals surface area (Å²) in [4.78, 5) is 1.46. The maximum Gasteiger partial charge on any atom is 1.00 e. The second kappa shape index (κ2) is 12.5. The Hall–Kier alpha value is 0.0900. The molecule has 0 aliphatic rings. The van der Waals surface area contributed by atoms with E-state index in [0.29, 0.717) is 0 Å². The van der Waals surface area contributed by atoms with Crippen molar-refractivity contribution in [1.29, 1.82) is 0 Å². The Bertz CT molecular complexity index is 521. The van der Waals surface area contributed by atoms with Crippen molar-refractivity contribution >= 4 is 29.2 Å². The van der Waals surface area contributed by atoms with Crippen LogP contribution in [-0.2, 0) is 25.8 Å². The van der Waals surface area contributed by atoms with Crippen LogP contribution in [0.15, 0.2) is 24.3 Å². The monoisotopic (exact) mass is 399 g/mol. The molecule has 0 unspecified atom stereocenters. The van der Waals surface area contributed by atoms with Crippen LogP contribution in [0.1, 0.15) is 11.1 Å². The molecule has 0 fully saturated rings. The number of hydrogen-bond acceptors (Lipinski definition) is 8. The van der Waals surface area contributed by atoms with Gasteiger partial charge in [0.05, 0.1) is 19.3 Å². The topological polar surface area (TPSA) is 125 Å². The van der Waals surface area contributed by atoms with Gasteiger partial charge >= 0.3 is 29.6 Å². The molecule has 1 aromatic carbocycles. The summed E-state index contributed by atoms with van der Waals surface area (Å²) in [7, 11) is 0. The molecule has 7 nitrogen and oxygen atoms in total. The van der Waals surface area contributed by atoms with Gasteiger partial charge in [-0.2, -0.15) is 0 Å². The SMILES string of the molecule is OCc1ccc(CN(C[C@H](O)[C@@H](O)[C@H](O)[C@H](O)CO)C(=S)[S-])cc1.[Na+]. The zero-order valence-electron chi connectivity index (χ0n) is 13.9. The molecule has 0 spiro atoms. The molecule has 0 aromatic heterocycles. The van der Waals surface area contributed by atoms with Crippen molar-refractivity contribution in [3.05, 3.63) is 35.4 Å². The molecule has 1 rings (SSSR count). The van der Waals surface area contributed by atoms with Crippen molar-refractivity contribution in [2.24, 2.45) is 0 Å². The predicted octanol–water partition coefficient (Wildman–Crippen LogP) is -4.75. The van der Waals surface area contributed by atoms with Gasteiger partial charge in [-0.1, -0.05) is 28.6 Å². The van der Waals surface area contributed by atoms with Crippen LogP contribution in [0, 0.1) is 0 Å². The van der Waals surface area contributed by atoms with Crippen molar-refractivity contribution in [1.82, 2.24) is 4.90 Å². The number of thiocarbonyl (C=S) groups is 1. The molecule has 4 atom stereocenters. The molecule has 0 amide bonds. The Balaban J connectivity index is 0.00000576. The van der Waals surface area contributed by atoms with E-state index in [2.05, 4.69) is 0 Å². The minimum atomic E-state index is -1.70. The zero-order valence-corrected chi connectivity index (χ0v) is 17.5. The van der Waals surface area contributed by atoms with E-state index in [1.165, 1.54) is 4.90 Å². The van der Waals surface area contributed by atoms with Crippen LogP contribution in [0.25, 0.3) is 0 Å². The van der Waals surface area contributed by atoms with Crippen LogP contribution in [0.2, 0.25) is 0 Å². The van der Waals surface area contributed by atoms with Crippen molar-refractivity contribution in [3.63, 3.8) is 0 Å². The molecule has 0 radical (unpaired) electrons. The van der Waals surface area contributed by atoms with E-state index >= 15 is 0 Å². The fourth-order valence-corrected chi connectivity index (χ4v) is 2.35.